The summed E-state index contributed by atoms with van der Waals surface area (Å²) in [5.41, 5.74) is 0.0278. The Labute approximate surface area is 164 Å². The van der Waals surface area contributed by atoms with Crippen molar-refractivity contribution in [1.82, 2.24) is 5.32 Å². The number of benzene rings is 2. The molecule has 2 aromatic rings. The number of alkyl halides is 3. The van der Waals surface area contributed by atoms with E-state index in [-0.39, 0.29) is 6.61 Å². The third-order valence-corrected chi connectivity index (χ3v) is 4.99. The number of nitro groups is 1. The Balaban J connectivity index is 2.03. The summed E-state index contributed by atoms with van der Waals surface area (Å²) in [6, 6.07) is 9.48. The molecule has 0 radical (unpaired) electrons. The van der Waals surface area contributed by atoms with Crippen molar-refractivity contribution in [2.75, 3.05) is 6.61 Å². The second kappa shape index (κ2) is 8.20. The van der Waals surface area contributed by atoms with Crippen molar-refractivity contribution < 1.29 is 27.6 Å². The normalized spacial score (nSPS) is 24.3. The zero-order valence-electron chi connectivity index (χ0n) is 15.4. The van der Waals surface area contributed by atoms with E-state index in [0.29, 0.717) is 11.1 Å². The lowest BCUT2D eigenvalue weighted by Gasteiger charge is -2.19. The van der Waals surface area contributed by atoms with Crippen LogP contribution in [-0.2, 0) is 15.7 Å². The fourth-order valence-electron chi connectivity index (χ4n) is 3.74. The van der Waals surface area contributed by atoms with Gasteiger partial charge in [-0.2, -0.15) is 13.2 Å². The van der Waals surface area contributed by atoms with E-state index >= 15 is 0 Å². The van der Waals surface area contributed by atoms with Crippen LogP contribution in [0.15, 0.2) is 54.6 Å². The van der Waals surface area contributed by atoms with Gasteiger partial charge in [-0.25, -0.2) is 0 Å². The molecule has 0 aliphatic carbocycles. The predicted molar refractivity (Wildman–Crippen MR) is 97.7 cm³/mol. The lowest BCUT2D eigenvalue weighted by Crippen LogP contribution is -2.37. The zero-order chi connectivity index (χ0) is 21.2. The van der Waals surface area contributed by atoms with Gasteiger partial charge in [-0.1, -0.05) is 42.5 Å². The number of nitrogens with zero attached hydrogens (tertiary/aromatic N) is 1. The highest BCUT2D eigenvalue weighted by Gasteiger charge is 2.55. The molecule has 1 N–H and O–H groups in total. The Morgan fingerprint density at radius 1 is 1.10 bits per heavy atom. The summed E-state index contributed by atoms with van der Waals surface area (Å²) in [4.78, 5) is 24.0. The second-order valence-corrected chi connectivity index (χ2v) is 6.71. The van der Waals surface area contributed by atoms with Gasteiger partial charge in [0.05, 0.1) is 18.1 Å². The molecule has 9 heteroatoms. The molecule has 0 amide bonds. The average molecular weight is 408 g/mol. The van der Waals surface area contributed by atoms with Gasteiger partial charge in [-0.15, -0.1) is 0 Å². The summed E-state index contributed by atoms with van der Waals surface area (Å²) < 4.78 is 43.6. The van der Waals surface area contributed by atoms with Crippen LogP contribution in [0.4, 0.5) is 13.2 Å². The van der Waals surface area contributed by atoms with E-state index in [1.807, 2.05) is 0 Å². The molecule has 0 unspecified atom stereocenters. The van der Waals surface area contributed by atoms with E-state index in [9.17, 15) is 28.1 Å². The van der Waals surface area contributed by atoms with Gasteiger partial charge in [-0.3, -0.25) is 20.2 Å². The fourth-order valence-corrected chi connectivity index (χ4v) is 3.74. The summed E-state index contributed by atoms with van der Waals surface area (Å²) in [5.74, 6) is -1.47. The minimum atomic E-state index is -4.51. The molecule has 0 spiro atoms. The maximum absolute atomic E-state index is 12.9. The van der Waals surface area contributed by atoms with Crippen LogP contribution in [0.25, 0.3) is 0 Å². The summed E-state index contributed by atoms with van der Waals surface area (Å²) in [5, 5.41) is 14.9. The molecular weight excluding hydrogens is 389 g/mol. The number of carbonyl (C=O) groups excluding carboxylic acids is 1. The summed E-state index contributed by atoms with van der Waals surface area (Å²) in [6.45, 7) is 1.73. The van der Waals surface area contributed by atoms with Crippen molar-refractivity contribution >= 4 is 5.97 Å². The van der Waals surface area contributed by atoms with Crippen LogP contribution in [0.1, 0.15) is 35.6 Å². The largest absolute Gasteiger partial charge is 0.465 e. The Bertz CT molecular complexity index is 872. The monoisotopic (exact) mass is 408 g/mol. The van der Waals surface area contributed by atoms with E-state index in [1.165, 1.54) is 12.1 Å². The molecule has 6 nitrogen and oxygen atoms in total. The molecule has 1 fully saturated rings. The molecule has 0 saturated carbocycles. The first-order valence-electron chi connectivity index (χ1n) is 9.02. The minimum Gasteiger partial charge on any atom is -0.465 e. The maximum atomic E-state index is 12.9. The molecular formula is C20H19F3N2O4. The number of hydrogen-bond acceptors (Lipinski definition) is 5. The number of esters is 1. The van der Waals surface area contributed by atoms with Crippen molar-refractivity contribution in [2.24, 2.45) is 0 Å². The van der Waals surface area contributed by atoms with Crippen LogP contribution in [0.3, 0.4) is 0 Å². The minimum absolute atomic E-state index is 0.104. The topological polar surface area (TPSA) is 81.5 Å². The molecule has 4 atom stereocenters. The highest BCUT2D eigenvalue weighted by atomic mass is 19.4. The molecule has 1 aliphatic rings. The lowest BCUT2D eigenvalue weighted by molar-refractivity contribution is -0.527. The van der Waals surface area contributed by atoms with E-state index < -0.39 is 46.7 Å². The summed E-state index contributed by atoms with van der Waals surface area (Å²) >= 11 is 0. The number of hydrogen-bond donors (Lipinski definition) is 1. The van der Waals surface area contributed by atoms with Gasteiger partial charge in [0.1, 0.15) is 12.1 Å². The second-order valence-electron chi connectivity index (χ2n) is 6.71. The van der Waals surface area contributed by atoms with E-state index in [2.05, 4.69) is 5.32 Å². The number of nitrogens with one attached hydrogen (secondary N) is 1. The highest BCUT2D eigenvalue weighted by Crippen LogP contribution is 2.41. The third kappa shape index (κ3) is 4.24. The quantitative estimate of drug-likeness (QED) is 0.463. The van der Waals surface area contributed by atoms with Crippen LogP contribution in [-0.4, -0.2) is 29.6 Å². The molecule has 1 aliphatic heterocycles. The number of carbonyl (C=O) groups is 1. The Morgan fingerprint density at radius 3 is 2.24 bits per heavy atom. The van der Waals surface area contributed by atoms with Gasteiger partial charge in [0.2, 0.25) is 6.04 Å². The number of ether oxygens (including phenoxy) is 1. The Morgan fingerprint density at radius 2 is 1.72 bits per heavy atom. The first-order chi connectivity index (χ1) is 13.7. The van der Waals surface area contributed by atoms with Crippen LogP contribution < -0.4 is 5.32 Å². The molecule has 1 saturated heterocycles. The van der Waals surface area contributed by atoms with Crippen LogP contribution in [0.2, 0.25) is 0 Å². The van der Waals surface area contributed by atoms with Crippen molar-refractivity contribution in [1.29, 1.82) is 0 Å². The lowest BCUT2D eigenvalue weighted by atomic mass is 9.85. The van der Waals surface area contributed by atoms with Gasteiger partial charge >= 0.3 is 12.1 Å². The van der Waals surface area contributed by atoms with Gasteiger partial charge < -0.3 is 4.74 Å². The van der Waals surface area contributed by atoms with Crippen LogP contribution in [0, 0.1) is 10.1 Å². The van der Waals surface area contributed by atoms with Crippen LogP contribution in [0.5, 0.6) is 0 Å². The van der Waals surface area contributed by atoms with E-state index in [4.69, 9.17) is 4.74 Å². The third-order valence-electron chi connectivity index (χ3n) is 4.99. The van der Waals surface area contributed by atoms with Crippen molar-refractivity contribution in [3.05, 3.63) is 81.4 Å². The first-order valence-corrected chi connectivity index (χ1v) is 9.02. The average Bonchev–Trinajstić information content (AvgIpc) is 3.09. The number of rotatable bonds is 5. The molecule has 1 heterocycles. The smallest absolute Gasteiger partial charge is 0.416 e. The molecule has 154 valence electrons. The van der Waals surface area contributed by atoms with Gasteiger partial charge in [-0.05, 0) is 30.2 Å². The van der Waals surface area contributed by atoms with Crippen molar-refractivity contribution in [3.8, 4) is 0 Å². The molecule has 29 heavy (non-hydrogen) atoms. The van der Waals surface area contributed by atoms with E-state index in [1.54, 1.807) is 37.3 Å². The molecule has 0 aromatic heterocycles. The zero-order valence-corrected chi connectivity index (χ0v) is 15.4. The van der Waals surface area contributed by atoms with Crippen LogP contribution >= 0.6 is 0 Å². The Hall–Kier alpha value is -2.94. The molecule has 3 rings (SSSR count). The van der Waals surface area contributed by atoms with Crippen molar-refractivity contribution in [2.45, 2.75) is 37.1 Å². The Kier molecular flexibility index (Phi) is 5.88. The first kappa shape index (κ1) is 20.8. The number of halogens is 3. The van der Waals surface area contributed by atoms with Crippen molar-refractivity contribution in [3.63, 3.8) is 0 Å². The molecule has 0 bridgehead atoms. The van der Waals surface area contributed by atoms with Gasteiger partial charge in [0.25, 0.3) is 0 Å². The molecule has 2 aromatic carbocycles. The fraction of sp³-hybridized carbons (Fsp3) is 0.350. The maximum Gasteiger partial charge on any atom is 0.416 e. The summed E-state index contributed by atoms with van der Waals surface area (Å²) in [7, 11) is 0. The highest BCUT2D eigenvalue weighted by molar-refractivity contribution is 5.78. The van der Waals surface area contributed by atoms with Gasteiger partial charge in [0, 0.05) is 4.92 Å². The standard InChI is InChI=1S/C20H19F3N2O4/c1-2-29-19(26)17-15(12-6-4-3-5-7-12)18(25(27)28)16(24-17)13-8-10-14(11-9-13)20(21,22)23/h3-11,15-18,24H,2H2,1H3/t15-,16+,17+,18+/m1/s1. The van der Waals surface area contributed by atoms with Gasteiger partial charge in [0.15, 0.2) is 0 Å². The predicted octanol–water partition coefficient (Wildman–Crippen LogP) is 3.71. The van der Waals surface area contributed by atoms with E-state index in [0.717, 1.165) is 12.1 Å². The SMILES string of the molecule is CCOC(=O)[C@H]1N[C@@H](c2ccc(C(F)(F)F)cc2)[C@@H]([N+](=O)[O-])[C@@H]1c1ccccc1. The summed E-state index contributed by atoms with van der Waals surface area (Å²) in [6.07, 6.45) is -4.51.